The summed E-state index contributed by atoms with van der Waals surface area (Å²) >= 11 is 0. The van der Waals surface area contributed by atoms with E-state index in [1.165, 1.54) is 16.3 Å². The zero-order valence-electron chi connectivity index (χ0n) is 12.0. The van der Waals surface area contributed by atoms with Crippen molar-refractivity contribution in [3.8, 4) is 0 Å². The van der Waals surface area contributed by atoms with E-state index in [1.807, 2.05) is 0 Å². The van der Waals surface area contributed by atoms with Crippen LogP contribution in [0.2, 0.25) is 0 Å². The molecule has 0 radical (unpaired) electrons. The Labute approximate surface area is 120 Å². The summed E-state index contributed by atoms with van der Waals surface area (Å²) in [5.41, 5.74) is 0.681. The number of hydrogen-bond acceptors (Lipinski definition) is 2. The van der Waals surface area contributed by atoms with Crippen LogP contribution in [0.15, 0.2) is 42.5 Å². The van der Waals surface area contributed by atoms with Crippen LogP contribution in [0.25, 0.3) is 10.8 Å². The SMILES string of the molecule is COC1CCC(O)(Cc2cccc3ccccc23)CC1. The Morgan fingerprint density at radius 3 is 2.55 bits per heavy atom. The summed E-state index contributed by atoms with van der Waals surface area (Å²) in [6, 6.07) is 14.8. The minimum Gasteiger partial charge on any atom is -0.390 e. The summed E-state index contributed by atoms with van der Waals surface area (Å²) in [6.07, 6.45) is 4.63. The van der Waals surface area contributed by atoms with Gasteiger partial charge in [0.25, 0.3) is 0 Å². The lowest BCUT2D eigenvalue weighted by atomic mass is 9.78. The van der Waals surface area contributed by atoms with Crippen LogP contribution in [-0.4, -0.2) is 23.9 Å². The molecule has 0 heterocycles. The molecule has 0 unspecified atom stereocenters. The van der Waals surface area contributed by atoms with E-state index in [4.69, 9.17) is 4.74 Å². The molecule has 0 bridgehead atoms. The van der Waals surface area contributed by atoms with Crippen molar-refractivity contribution in [1.82, 2.24) is 0 Å². The first-order valence-electron chi connectivity index (χ1n) is 7.42. The van der Waals surface area contributed by atoms with Gasteiger partial charge in [0.05, 0.1) is 11.7 Å². The van der Waals surface area contributed by atoms with Gasteiger partial charge < -0.3 is 9.84 Å². The van der Waals surface area contributed by atoms with E-state index >= 15 is 0 Å². The predicted octanol–water partition coefficient (Wildman–Crippen LogP) is 3.70. The van der Waals surface area contributed by atoms with E-state index in [0.29, 0.717) is 6.10 Å². The molecule has 0 atom stereocenters. The molecular weight excluding hydrogens is 248 g/mol. The van der Waals surface area contributed by atoms with Gasteiger partial charge >= 0.3 is 0 Å². The van der Waals surface area contributed by atoms with Crippen LogP contribution in [0.3, 0.4) is 0 Å². The Bertz CT molecular complexity index is 577. The van der Waals surface area contributed by atoms with E-state index < -0.39 is 5.60 Å². The number of ether oxygens (including phenoxy) is 1. The Morgan fingerprint density at radius 1 is 1.10 bits per heavy atom. The third-order valence-corrected chi connectivity index (χ3v) is 4.60. The standard InChI is InChI=1S/C18H22O2/c1-20-16-9-11-18(19,12-10-16)13-15-7-4-6-14-5-2-3-8-17(14)15/h2-8,16,19H,9-13H2,1H3. The second-order valence-corrected chi connectivity index (χ2v) is 5.97. The molecule has 2 nitrogen and oxygen atoms in total. The molecule has 1 saturated carbocycles. The minimum absolute atomic E-state index is 0.322. The number of aliphatic hydroxyl groups is 1. The van der Waals surface area contributed by atoms with Crippen molar-refractivity contribution in [2.24, 2.45) is 0 Å². The number of methoxy groups -OCH3 is 1. The minimum atomic E-state index is -0.570. The second kappa shape index (κ2) is 5.55. The van der Waals surface area contributed by atoms with Crippen molar-refractivity contribution in [1.29, 1.82) is 0 Å². The van der Waals surface area contributed by atoms with Crippen LogP contribution >= 0.6 is 0 Å². The van der Waals surface area contributed by atoms with E-state index in [-0.39, 0.29) is 0 Å². The van der Waals surface area contributed by atoms with Gasteiger partial charge in [-0.2, -0.15) is 0 Å². The quantitative estimate of drug-likeness (QED) is 0.921. The zero-order chi connectivity index (χ0) is 14.0. The Balaban J connectivity index is 1.83. The first-order valence-corrected chi connectivity index (χ1v) is 7.42. The average molecular weight is 270 g/mol. The molecular formula is C18H22O2. The van der Waals surface area contributed by atoms with E-state index in [9.17, 15) is 5.11 Å². The predicted molar refractivity (Wildman–Crippen MR) is 81.9 cm³/mol. The van der Waals surface area contributed by atoms with Crippen molar-refractivity contribution < 1.29 is 9.84 Å². The number of rotatable bonds is 3. The van der Waals surface area contributed by atoms with Gasteiger partial charge in [-0.15, -0.1) is 0 Å². The molecule has 0 aromatic heterocycles. The average Bonchev–Trinajstić information content (AvgIpc) is 2.48. The maximum Gasteiger partial charge on any atom is 0.0690 e. The van der Waals surface area contributed by atoms with Crippen molar-refractivity contribution in [2.75, 3.05) is 7.11 Å². The lowest BCUT2D eigenvalue weighted by Gasteiger charge is -2.35. The second-order valence-electron chi connectivity index (χ2n) is 5.97. The van der Waals surface area contributed by atoms with Crippen LogP contribution in [0.4, 0.5) is 0 Å². The maximum absolute atomic E-state index is 10.8. The molecule has 1 N–H and O–H groups in total. The molecule has 2 aromatic carbocycles. The fraction of sp³-hybridized carbons (Fsp3) is 0.444. The molecule has 0 amide bonds. The summed E-state index contributed by atoms with van der Waals surface area (Å²) in [5.74, 6) is 0. The molecule has 3 rings (SSSR count). The van der Waals surface area contributed by atoms with Crippen molar-refractivity contribution >= 4 is 10.8 Å². The molecule has 2 aromatic rings. The highest BCUT2D eigenvalue weighted by Crippen LogP contribution is 2.34. The molecule has 0 saturated heterocycles. The number of fused-ring (bicyclic) bond motifs is 1. The third kappa shape index (κ3) is 2.72. The highest BCUT2D eigenvalue weighted by atomic mass is 16.5. The van der Waals surface area contributed by atoms with Gasteiger partial charge in [-0.3, -0.25) is 0 Å². The summed E-state index contributed by atoms with van der Waals surface area (Å²) in [4.78, 5) is 0. The molecule has 1 aliphatic rings. The van der Waals surface area contributed by atoms with Crippen LogP contribution < -0.4 is 0 Å². The van der Waals surface area contributed by atoms with Crippen LogP contribution in [-0.2, 0) is 11.2 Å². The van der Waals surface area contributed by atoms with Gasteiger partial charge in [0, 0.05) is 13.5 Å². The Morgan fingerprint density at radius 2 is 1.80 bits per heavy atom. The van der Waals surface area contributed by atoms with Crippen molar-refractivity contribution in [2.45, 2.75) is 43.8 Å². The van der Waals surface area contributed by atoms with E-state index in [1.54, 1.807) is 7.11 Å². The molecule has 20 heavy (non-hydrogen) atoms. The molecule has 1 fully saturated rings. The smallest absolute Gasteiger partial charge is 0.0690 e. The summed E-state index contributed by atoms with van der Waals surface area (Å²) in [7, 11) is 1.76. The molecule has 2 heteroatoms. The van der Waals surface area contributed by atoms with Gasteiger partial charge in [-0.05, 0) is 42.0 Å². The first-order chi connectivity index (χ1) is 9.70. The fourth-order valence-corrected chi connectivity index (χ4v) is 3.34. The molecule has 0 aliphatic heterocycles. The highest BCUT2D eigenvalue weighted by Gasteiger charge is 2.33. The molecule has 106 valence electrons. The fourth-order valence-electron chi connectivity index (χ4n) is 3.34. The molecule has 1 aliphatic carbocycles. The maximum atomic E-state index is 10.8. The van der Waals surface area contributed by atoms with Gasteiger partial charge in [0.2, 0.25) is 0 Å². The van der Waals surface area contributed by atoms with Crippen molar-refractivity contribution in [3.05, 3.63) is 48.0 Å². The normalized spacial score (nSPS) is 26.8. The topological polar surface area (TPSA) is 29.5 Å². The summed E-state index contributed by atoms with van der Waals surface area (Å²) < 4.78 is 5.39. The number of benzene rings is 2. The Kier molecular flexibility index (Phi) is 3.77. The van der Waals surface area contributed by atoms with Crippen LogP contribution in [0, 0.1) is 0 Å². The lowest BCUT2D eigenvalue weighted by molar-refractivity contribution is -0.0425. The monoisotopic (exact) mass is 270 g/mol. The Hall–Kier alpha value is -1.38. The van der Waals surface area contributed by atoms with Gasteiger partial charge in [-0.25, -0.2) is 0 Å². The van der Waals surface area contributed by atoms with E-state index in [2.05, 4.69) is 42.5 Å². The van der Waals surface area contributed by atoms with E-state index in [0.717, 1.165) is 32.1 Å². The third-order valence-electron chi connectivity index (χ3n) is 4.60. The number of hydrogen-bond donors (Lipinski definition) is 1. The summed E-state index contributed by atoms with van der Waals surface area (Å²) in [6.45, 7) is 0. The van der Waals surface area contributed by atoms with Crippen LogP contribution in [0.5, 0.6) is 0 Å². The van der Waals surface area contributed by atoms with Crippen LogP contribution in [0.1, 0.15) is 31.2 Å². The largest absolute Gasteiger partial charge is 0.390 e. The van der Waals surface area contributed by atoms with Gasteiger partial charge in [0.1, 0.15) is 0 Å². The lowest BCUT2D eigenvalue weighted by Crippen LogP contribution is -2.38. The highest BCUT2D eigenvalue weighted by molar-refractivity contribution is 5.85. The van der Waals surface area contributed by atoms with Crippen molar-refractivity contribution in [3.63, 3.8) is 0 Å². The zero-order valence-corrected chi connectivity index (χ0v) is 12.0. The van der Waals surface area contributed by atoms with Gasteiger partial charge in [0.15, 0.2) is 0 Å². The summed E-state index contributed by atoms with van der Waals surface area (Å²) in [5, 5.41) is 13.4. The van der Waals surface area contributed by atoms with Gasteiger partial charge in [-0.1, -0.05) is 42.5 Å². The molecule has 0 spiro atoms. The first kappa shape index (κ1) is 13.6.